The third kappa shape index (κ3) is 5.83. The van der Waals surface area contributed by atoms with Crippen molar-refractivity contribution in [1.29, 1.82) is 0 Å². The van der Waals surface area contributed by atoms with Gasteiger partial charge in [-0.2, -0.15) is 13.2 Å². The number of alkyl halides is 6. The predicted octanol–water partition coefficient (Wildman–Crippen LogP) is 5.28. The first kappa shape index (κ1) is 17.5. The molecule has 0 fully saturated rings. The molecule has 0 atom stereocenters. The molecule has 1 rings (SSSR count). The maximum absolute atomic E-state index is 12.6. The number of amides is 1. The van der Waals surface area contributed by atoms with Gasteiger partial charge >= 0.3 is 12.3 Å². The van der Waals surface area contributed by atoms with Gasteiger partial charge in [-0.05, 0) is 18.2 Å². The topological polar surface area (TPSA) is 38.3 Å². The summed E-state index contributed by atoms with van der Waals surface area (Å²) in [7, 11) is 0. The SMILES string of the molecule is O=C(Nc1ccc(Cl)c(C(F)(F)F)c1)OCC(Cl)(Cl)Cl. The highest BCUT2D eigenvalue weighted by atomic mass is 35.6. The van der Waals surface area contributed by atoms with Gasteiger partial charge in [-0.3, -0.25) is 5.32 Å². The Hall–Kier alpha value is -0.560. The van der Waals surface area contributed by atoms with E-state index in [9.17, 15) is 18.0 Å². The zero-order valence-electron chi connectivity index (χ0n) is 9.40. The fourth-order valence-corrected chi connectivity index (χ4v) is 1.51. The van der Waals surface area contributed by atoms with Crippen molar-refractivity contribution in [3.05, 3.63) is 28.8 Å². The average molecular weight is 371 g/mol. The van der Waals surface area contributed by atoms with Gasteiger partial charge in [-0.15, -0.1) is 0 Å². The number of anilines is 1. The number of carbonyl (C=O) groups is 1. The average Bonchev–Trinajstić information content (AvgIpc) is 2.27. The summed E-state index contributed by atoms with van der Waals surface area (Å²) in [5.41, 5.74) is -1.24. The minimum Gasteiger partial charge on any atom is -0.445 e. The van der Waals surface area contributed by atoms with Crippen LogP contribution in [0.4, 0.5) is 23.7 Å². The lowest BCUT2D eigenvalue weighted by Crippen LogP contribution is -2.21. The van der Waals surface area contributed by atoms with Gasteiger partial charge in [0.15, 0.2) is 0 Å². The van der Waals surface area contributed by atoms with Gasteiger partial charge in [-0.1, -0.05) is 46.4 Å². The molecule has 0 saturated carbocycles. The Morgan fingerprint density at radius 1 is 1.25 bits per heavy atom. The molecule has 1 aromatic carbocycles. The zero-order valence-corrected chi connectivity index (χ0v) is 12.4. The first-order valence-corrected chi connectivity index (χ1v) is 6.37. The van der Waals surface area contributed by atoms with E-state index in [1.165, 1.54) is 6.07 Å². The highest BCUT2D eigenvalue weighted by Crippen LogP contribution is 2.36. The number of halogens is 7. The summed E-state index contributed by atoms with van der Waals surface area (Å²) in [5, 5.41) is 1.57. The van der Waals surface area contributed by atoms with Crippen LogP contribution >= 0.6 is 46.4 Å². The summed E-state index contributed by atoms with van der Waals surface area (Å²) in [5.74, 6) is 0. The second kappa shape index (κ2) is 6.47. The first-order valence-electron chi connectivity index (χ1n) is 4.86. The third-order valence-corrected chi connectivity index (χ3v) is 2.54. The molecule has 0 heterocycles. The van der Waals surface area contributed by atoms with Crippen molar-refractivity contribution in [2.24, 2.45) is 0 Å². The Kier molecular flexibility index (Phi) is 5.66. The van der Waals surface area contributed by atoms with E-state index in [1.54, 1.807) is 0 Å². The van der Waals surface area contributed by atoms with E-state index in [2.05, 4.69) is 10.1 Å². The fourth-order valence-electron chi connectivity index (χ4n) is 1.12. The minimum atomic E-state index is -4.64. The molecule has 0 radical (unpaired) electrons. The van der Waals surface area contributed by atoms with Gasteiger partial charge in [0.2, 0.25) is 3.79 Å². The second-order valence-electron chi connectivity index (χ2n) is 3.51. The van der Waals surface area contributed by atoms with E-state index in [0.29, 0.717) is 6.07 Å². The summed E-state index contributed by atoms with van der Waals surface area (Å²) in [6, 6.07) is 2.84. The van der Waals surface area contributed by atoms with Crippen LogP contribution in [0, 0.1) is 0 Å². The molecular weight excluding hydrogens is 365 g/mol. The van der Waals surface area contributed by atoms with Crippen molar-refractivity contribution in [3.63, 3.8) is 0 Å². The number of hydrogen-bond donors (Lipinski definition) is 1. The van der Waals surface area contributed by atoms with E-state index in [4.69, 9.17) is 46.4 Å². The molecule has 0 aliphatic heterocycles. The number of hydrogen-bond acceptors (Lipinski definition) is 2. The van der Waals surface area contributed by atoms with Crippen molar-refractivity contribution < 1.29 is 22.7 Å². The molecule has 3 nitrogen and oxygen atoms in total. The Bertz CT molecular complexity index is 502. The molecular formula is C10H6Cl4F3NO2. The van der Waals surface area contributed by atoms with Crippen molar-refractivity contribution >= 4 is 58.2 Å². The molecule has 0 aliphatic carbocycles. The highest BCUT2D eigenvalue weighted by Gasteiger charge is 2.33. The zero-order chi connectivity index (χ0) is 15.6. The van der Waals surface area contributed by atoms with E-state index < -0.39 is 33.3 Å². The van der Waals surface area contributed by atoms with Crippen molar-refractivity contribution in [2.45, 2.75) is 9.97 Å². The quantitative estimate of drug-likeness (QED) is 0.719. The van der Waals surface area contributed by atoms with E-state index in [0.717, 1.165) is 6.07 Å². The van der Waals surface area contributed by atoms with Crippen molar-refractivity contribution in [2.75, 3.05) is 11.9 Å². The largest absolute Gasteiger partial charge is 0.445 e. The first-order chi connectivity index (χ1) is 8.99. The monoisotopic (exact) mass is 369 g/mol. The van der Waals surface area contributed by atoms with Crippen LogP contribution in [-0.2, 0) is 10.9 Å². The summed E-state index contributed by atoms with van der Waals surface area (Å²) < 4.78 is 40.5. The van der Waals surface area contributed by atoms with Gasteiger partial charge in [0.25, 0.3) is 0 Å². The fraction of sp³-hybridized carbons (Fsp3) is 0.300. The molecule has 1 aromatic rings. The summed E-state index contributed by atoms with van der Waals surface area (Å²) in [6.45, 7) is -0.552. The number of ether oxygens (including phenoxy) is 1. The lowest BCUT2D eigenvalue weighted by Gasteiger charge is -2.13. The lowest BCUT2D eigenvalue weighted by atomic mass is 10.2. The van der Waals surface area contributed by atoms with Crippen LogP contribution in [0.25, 0.3) is 0 Å². The Morgan fingerprint density at radius 3 is 2.35 bits per heavy atom. The number of rotatable bonds is 2. The van der Waals surface area contributed by atoms with Crippen LogP contribution in [0.2, 0.25) is 5.02 Å². The van der Waals surface area contributed by atoms with E-state index in [1.807, 2.05) is 0 Å². The normalized spacial score (nSPS) is 12.2. The van der Waals surface area contributed by atoms with Crippen LogP contribution in [0.5, 0.6) is 0 Å². The summed E-state index contributed by atoms with van der Waals surface area (Å²) >= 11 is 21.5. The summed E-state index contributed by atoms with van der Waals surface area (Å²) in [6.07, 6.45) is -5.71. The van der Waals surface area contributed by atoms with E-state index in [-0.39, 0.29) is 5.69 Å². The highest BCUT2D eigenvalue weighted by molar-refractivity contribution is 6.67. The molecule has 10 heteroatoms. The Morgan fingerprint density at radius 2 is 1.85 bits per heavy atom. The molecule has 20 heavy (non-hydrogen) atoms. The molecule has 1 N–H and O–H groups in total. The molecule has 0 unspecified atom stereocenters. The van der Waals surface area contributed by atoms with Gasteiger partial charge in [0.05, 0.1) is 10.6 Å². The van der Waals surface area contributed by atoms with Gasteiger partial charge < -0.3 is 4.74 Å². The summed E-state index contributed by atoms with van der Waals surface area (Å²) in [4.78, 5) is 11.3. The standard InChI is InChI=1S/C10H6Cl4F3NO2/c11-7-2-1-5(3-6(7)10(15,16)17)18-8(19)20-4-9(12,13)14/h1-3H,4H2,(H,18,19). The second-order valence-corrected chi connectivity index (χ2v) is 6.43. The third-order valence-electron chi connectivity index (χ3n) is 1.89. The lowest BCUT2D eigenvalue weighted by molar-refractivity contribution is -0.137. The van der Waals surface area contributed by atoms with Gasteiger partial charge in [0.1, 0.15) is 6.61 Å². The van der Waals surface area contributed by atoms with Crippen LogP contribution in [-0.4, -0.2) is 16.5 Å². The van der Waals surface area contributed by atoms with Crippen LogP contribution in [0.15, 0.2) is 18.2 Å². The minimum absolute atomic E-state index is 0.156. The number of carbonyl (C=O) groups excluding carboxylic acids is 1. The van der Waals surface area contributed by atoms with Crippen molar-refractivity contribution in [1.82, 2.24) is 0 Å². The van der Waals surface area contributed by atoms with Gasteiger partial charge in [-0.25, -0.2) is 4.79 Å². The van der Waals surface area contributed by atoms with Crippen LogP contribution < -0.4 is 5.32 Å². The maximum Gasteiger partial charge on any atom is 0.417 e. The van der Waals surface area contributed by atoms with Crippen LogP contribution in [0.3, 0.4) is 0 Å². The molecule has 1 amide bonds. The van der Waals surface area contributed by atoms with Crippen LogP contribution in [0.1, 0.15) is 5.56 Å². The maximum atomic E-state index is 12.6. The number of nitrogens with one attached hydrogen (secondary N) is 1. The molecule has 0 aromatic heterocycles. The molecule has 0 bridgehead atoms. The Labute approximate surface area is 131 Å². The molecule has 0 aliphatic rings. The van der Waals surface area contributed by atoms with E-state index >= 15 is 0 Å². The molecule has 0 spiro atoms. The molecule has 112 valence electrons. The smallest absolute Gasteiger partial charge is 0.417 e. The predicted molar refractivity (Wildman–Crippen MR) is 71.7 cm³/mol. The molecule has 0 saturated heterocycles. The van der Waals surface area contributed by atoms with Crippen molar-refractivity contribution in [3.8, 4) is 0 Å². The van der Waals surface area contributed by atoms with Gasteiger partial charge in [0, 0.05) is 5.69 Å². The Balaban J connectivity index is 2.77. The number of benzene rings is 1.